The van der Waals surface area contributed by atoms with E-state index in [9.17, 15) is 4.79 Å². The highest BCUT2D eigenvalue weighted by Gasteiger charge is 2.20. The van der Waals surface area contributed by atoms with Gasteiger partial charge in [-0.2, -0.15) is 0 Å². The summed E-state index contributed by atoms with van der Waals surface area (Å²) >= 11 is 0. The van der Waals surface area contributed by atoms with Gasteiger partial charge in [-0.15, -0.1) is 0 Å². The fraction of sp³-hybridized carbons (Fsp3) is 0.143. The zero-order valence-corrected chi connectivity index (χ0v) is 14.9. The standard InChI is InChI=1S/C21H19NO4/c1-14-8-4-5-9-15(14)20-12-19(22-26-20)17-11-7-6-10-16(17)18(13-24-2)21(23)25-3/h4-13H,1-3H3/b18-13+. The molecule has 0 atom stereocenters. The summed E-state index contributed by atoms with van der Waals surface area (Å²) in [6, 6.07) is 17.2. The lowest BCUT2D eigenvalue weighted by Crippen LogP contribution is -2.05. The first-order chi connectivity index (χ1) is 12.7. The molecule has 1 aromatic heterocycles. The monoisotopic (exact) mass is 349 g/mol. The second-order valence-corrected chi connectivity index (χ2v) is 5.70. The lowest BCUT2D eigenvalue weighted by molar-refractivity contribution is -0.133. The first kappa shape index (κ1) is 17.5. The number of ether oxygens (including phenoxy) is 2. The second-order valence-electron chi connectivity index (χ2n) is 5.70. The first-order valence-corrected chi connectivity index (χ1v) is 8.09. The average molecular weight is 349 g/mol. The highest BCUT2D eigenvalue weighted by atomic mass is 16.5. The minimum Gasteiger partial charge on any atom is -0.503 e. The molecule has 2 aromatic carbocycles. The number of methoxy groups -OCH3 is 2. The molecule has 0 aliphatic carbocycles. The van der Waals surface area contributed by atoms with Crippen LogP contribution in [0.3, 0.4) is 0 Å². The summed E-state index contributed by atoms with van der Waals surface area (Å²) in [6.07, 6.45) is 1.37. The largest absolute Gasteiger partial charge is 0.503 e. The molecule has 0 aliphatic heterocycles. The van der Waals surface area contributed by atoms with Gasteiger partial charge in [0.1, 0.15) is 11.3 Å². The van der Waals surface area contributed by atoms with Crippen LogP contribution >= 0.6 is 0 Å². The molecule has 26 heavy (non-hydrogen) atoms. The van der Waals surface area contributed by atoms with Crippen molar-refractivity contribution in [1.29, 1.82) is 0 Å². The van der Waals surface area contributed by atoms with E-state index < -0.39 is 5.97 Å². The Balaban J connectivity index is 2.08. The predicted octanol–water partition coefficient (Wildman–Crippen LogP) is 4.48. The van der Waals surface area contributed by atoms with Crippen molar-refractivity contribution >= 4 is 11.5 Å². The number of aromatic nitrogens is 1. The SMILES string of the molecule is CO/C=C(/C(=O)OC)c1ccccc1-c1cc(-c2ccccc2C)on1. The summed E-state index contributed by atoms with van der Waals surface area (Å²) in [6.45, 7) is 2.02. The number of esters is 1. The smallest absolute Gasteiger partial charge is 0.341 e. The summed E-state index contributed by atoms with van der Waals surface area (Å²) in [5.41, 5.74) is 4.42. The van der Waals surface area contributed by atoms with Crippen molar-refractivity contribution in [1.82, 2.24) is 5.16 Å². The van der Waals surface area contributed by atoms with E-state index in [0.29, 0.717) is 22.6 Å². The third-order valence-corrected chi connectivity index (χ3v) is 4.05. The third kappa shape index (κ3) is 3.37. The molecule has 132 valence electrons. The van der Waals surface area contributed by atoms with Crippen molar-refractivity contribution in [2.75, 3.05) is 14.2 Å². The molecular formula is C21H19NO4. The van der Waals surface area contributed by atoms with Crippen LogP contribution in [-0.4, -0.2) is 25.3 Å². The van der Waals surface area contributed by atoms with Gasteiger partial charge < -0.3 is 14.0 Å². The normalized spacial score (nSPS) is 11.3. The molecule has 0 saturated carbocycles. The summed E-state index contributed by atoms with van der Waals surface area (Å²) in [5, 5.41) is 4.20. The van der Waals surface area contributed by atoms with E-state index in [2.05, 4.69) is 5.16 Å². The molecule has 3 aromatic rings. The number of hydrogen-bond donors (Lipinski definition) is 0. The van der Waals surface area contributed by atoms with Crippen LogP contribution in [0, 0.1) is 6.92 Å². The Labute approximate surface area is 151 Å². The number of carbonyl (C=O) groups excluding carboxylic acids is 1. The van der Waals surface area contributed by atoms with Crippen molar-refractivity contribution in [3.8, 4) is 22.6 Å². The Morgan fingerprint density at radius 2 is 1.73 bits per heavy atom. The van der Waals surface area contributed by atoms with Gasteiger partial charge in [0.15, 0.2) is 5.76 Å². The van der Waals surface area contributed by atoms with Crippen LogP contribution in [0.15, 0.2) is 65.4 Å². The molecule has 0 unspecified atom stereocenters. The quantitative estimate of drug-likeness (QED) is 0.386. The molecule has 3 rings (SSSR count). The van der Waals surface area contributed by atoms with E-state index in [1.54, 1.807) is 0 Å². The van der Waals surface area contributed by atoms with Crippen LogP contribution in [0.25, 0.3) is 28.2 Å². The molecule has 0 fully saturated rings. The van der Waals surface area contributed by atoms with Gasteiger partial charge in [0.05, 0.1) is 20.5 Å². The number of carbonyl (C=O) groups is 1. The van der Waals surface area contributed by atoms with Crippen LogP contribution in [0.1, 0.15) is 11.1 Å². The molecule has 0 amide bonds. The van der Waals surface area contributed by atoms with Gasteiger partial charge >= 0.3 is 5.97 Å². The minimum atomic E-state index is -0.484. The molecule has 0 bridgehead atoms. The molecular weight excluding hydrogens is 330 g/mol. The maximum absolute atomic E-state index is 12.1. The number of aryl methyl sites for hydroxylation is 1. The van der Waals surface area contributed by atoms with Crippen LogP contribution in [0.5, 0.6) is 0 Å². The zero-order valence-electron chi connectivity index (χ0n) is 14.9. The zero-order chi connectivity index (χ0) is 18.5. The van der Waals surface area contributed by atoms with Crippen LogP contribution < -0.4 is 0 Å². The minimum absolute atomic E-state index is 0.311. The first-order valence-electron chi connectivity index (χ1n) is 8.09. The lowest BCUT2D eigenvalue weighted by Gasteiger charge is -2.09. The van der Waals surface area contributed by atoms with Crippen molar-refractivity contribution in [3.63, 3.8) is 0 Å². The highest BCUT2D eigenvalue weighted by molar-refractivity contribution is 6.17. The van der Waals surface area contributed by atoms with E-state index in [0.717, 1.165) is 16.7 Å². The van der Waals surface area contributed by atoms with Gasteiger partial charge in [-0.1, -0.05) is 53.7 Å². The number of nitrogens with zero attached hydrogens (tertiary/aromatic N) is 1. The lowest BCUT2D eigenvalue weighted by atomic mass is 9.97. The Morgan fingerprint density at radius 1 is 1.04 bits per heavy atom. The highest BCUT2D eigenvalue weighted by Crippen LogP contribution is 2.32. The van der Waals surface area contributed by atoms with Crippen molar-refractivity contribution < 1.29 is 18.8 Å². The van der Waals surface area contributed by atoms with Gasteiger partial charge in [0, 0.05) is 22.8 Å². The van der Waals surface area contributed by atoms with Crippen LogP contribution in [-0.2, 0) is 14.3 Å². The van der Waals surface area contributed by atoms with E-state index in [1.165, 1.54) is 20.5 Å². The van der Waals surface area contributed by atoms with Crippen molar-refractivity contribution in [2.45, 2.75) is 6.92 Å². The van der Waals surface area contributed by atoms with Crippen LogP contribution in [0.2, 0.25) is 0 Å². The molecule has 0 saturated heterocycles. The summed E-state index contributed by atoms with van der Waals surface area (Å²) in [7, 11) is 2.82. The van der Waals surface area contributed by atoms with E-state index in [-0.39, 0.29) is 0 Å². The third-order valence-electron chi connectivity index (χ3n) is 4.05. The van der Waals surface area contributed by atoms with Gasteiger partial charge in [-0.3, -0.25) is 0 Å². The molecule has 0 radical (unpaired) electrons. The van der Waals surface area contributed by atoms with Gasteiger partial charge in [0.2, 0.25) is 0 Å². The second kappa shape index (κ2) is 7.70. The van der Waals surface area contributed by atoms with Crippen molar-refractivity contribution in [2.24, 2.45) is 0 Å². The number of hydrogen-bond acceptors (Lipinski definition) is 5. The fourth-order valence-corrected chi connectivity index (χ4v) is 2.77. The molecule has 0 N–H and O–H groups in total. The Hall–Kier alpha value is -3.34. The molecule has 0 aliphatic rings. The van der Waals surface area contributed by atoms with Crippen LogP contribution in [0.4, 0.5) is 0 Å². The van der Waals surface area contributed by atoms with Crippen molar-refractivity contribution in [3.05, 3.63) is 72.0 Å². The van der Waals surface area contributed by atoms with E-state index in [4.69, 9.17) is 14.0 Å². The fourth-order valence-electron chi connectivity index (χ4n) is 2.77. The van der Waals surface area contributed by atoms with E-state index in [1.807, 2.05) is 61.5 Å². The number of rotatable bonds is 5. The number of benzene rings is 2. The van der Waals surface area contributed by atoms with Gasteiger partial charge in [0.25, 0.3) is 0 Å². The molecule has 1 heterocycles. The van der Waals surface area contributed by atoms with Gasteiger partial charge in [-0.05, 0) is 12.5 Å². The summed E-state index contributed by atoms with van der Waals surface area (Å²) < 4.78 is 15.5. The Morgan fingerprint density at radius 3 is 2.42 bits per heavy atom. The Bertz CT molecular complexity index is 956. The summed E-state index contributed by atoms with van der Waals surface area (Å²) in [4.78, 5) is 12.1. The average Bonchev–Trinajstić information content (AvgIpc) is 3.15. The molecule has 5 heteroatoms. The predicted molar refractivity (Wildman–Crippen MR) is 99.1 cm³/mol. The molecule has 0 spiro atoms. The Kier molecular flexibility index (Phi) is 5.17. The molecule has 5 nitrogen and oxygen atoms in total. The summed E-state index contributed by atoms with van der Waals surface area (Å²) in [5.74, 6) is 0.185. The maximum Gasteiger partial charge on any atom is 0.341 e. The van der Waals surface area contributed by atoms with E-state index >= 15 is 0 Å². The topological polar surface area (TPSA) is 61.6 Å². The maximum atomic E-state index is 12.1. The van der Waals surface area contributed by atoms with Gasteiger partial charge in [-0.25, -0.2) is 4.79 Å².